The van der Waals surface area contributed by atoms with Crippen molar-refractivity contribution in [1.29, 1.82) is 0 Å². The number of hydrogen-bond acceptors (Lipinski definition) is 10. The average molecular weight is 493 g/mol. The maximum absolute atomic E-state index is 12.9. The highest BCUT2D eigenvalue weighted by Gasteiger charge is 2.25. The SMILES string of the molecule is C[C@H]1Cc2cc([C@@H]3CNCCN(C(=O)Cc4cnc(-n5cnnn5)nc4)CCCO3)ccc2C(=O)O1. The molecule has 12 nitrogen and oxygen atoms in total. The van der Waals surface area contributed by atoms with Crippen LogP contribution in [0.5, 0.6) is 0 Å². The number of rotatable bonds is 4. The number of esters is 1. The third-order valence-corrected chi connectivity index (χ3v) is 6.27. The Balaban J connectivity index is 1.16. The van der Waals surface area contributed by atoms with Crippen LogP contribution in [0.4, 0.5) is 0 Å². The van der Waals surface area contributed by atoms with Crippen molar-refractivity contribution in [3.05, 3.63) is 59.2 Å². The Labute approximate surface area is 208 Å². The summed E-state index contributed by atoms with van der Waals surface area (Å²) in [7, 11) is 0. The monoisotopic (exact) mass is 492 g/mol. The van der Waals surface area contributed by atoms with Crippen LogP contribution in [0.1, 0.15) is 46.5 Å². The molecule has 0 unspecified atom stereocenters. The molecule has 188 valence electrons. The molecular weight excluding hydrogens is 464 g/mol. The van der Waals surface area contributed by atoms with Crippen molar-refractivity contribution < 1.29 is 19.1 Å². The van der Waals surface area contributed by atoms with E-state index < -0.39 is 0 Å². The van der Waals surface area contributed by atoms with Gasteiger partial charge in [-0.2, -0.15) is 4.68 Å². The molecule has 1 amide bonds. The fourth-order valence-electron chi connectivity index (χ4n) is 4.44. The van der Waals surface area contributed by atoms with Gasteiger partial charge in [-0.15, -0.1) is 5.10 Å². The van der Waals surface area contributed by atoms with Gasteiger partial charge in [0.25, 0.3) is 5.95 Å². The first-order chi connectivity index (χ1) is 17.6. The van der Waals surface area contributed by atoms with Crippen LogP contribution in [0.15, 0.2) is 36.9 Å². The lowest BCUT2D eigenvalue weighted by atomic mass is 9.95. The minimum absolute atomic E-state index is 0.0170. The summed E-state index contributed by atoms with van der Waals surface area (Å²) in [6, 6.07) is 5.84. The zero-order chi connectivity index (χ0) is 24.9. The third kappa shape index (κ3) is 5.55. The van der Waals surface area contributed by atoms with E-state index >= 15 is 0 Å². The number of benzene rings is 1. The van der Waals surface area contributed by atoms with Gasteiger partial charge in [0.1, 0.15) is 12.4 Å². The number of amides is 1. The van der Waals surface area contributed by atoms with Gasteiger partial charge in [-0.05, 0) is 46.5 Å². The Morgan fingerprint density at radius 1 is 1.22 bits per heavy atom. The molecule has 2 aromatic heterocycles. The van der Waals surface area contributed by atoms with E-state index in [2.05, 4.69) is 36.9 Å². The number of ether oxygens (including phenoxy) is 2. The smallest absolute Gasteiger partial charge is 0.338 e. The highest BCUT2D eigenvalue weighted by molar-refractivity contribution is 5.92. The van der Waals surface area contributed by atoms with Crippen LogP contribution in [0.25, 0.3) is 5.95 Å². The predicted octanol–water partition coefficient (Wildman–Crippen LogP) is 0.676. The van der Waals surface area contributed by atoms with Crippen LogP contribution in [0, 0.1) is 0 Å². The number of carbonyl (C=O) groups is 2. The maximum Gasteiger partial charge on any atom is 0.338 e. The maximum atomic E-state index is 12.9. The number of aromatic nitrogens is 6. The van der Waals surface area contributed by atoms with Crippen LogP contribution in [0.3, 0.4) is 0 Å². The van der Waals surface area contributed by atoms with Crippen molar-refractivity contribution in [2.24, 2.45) is 0 Å². The first kappa shape index (κ1) is 23.9. The summed E-state index contributed by atoms with van der Waals surface area (Å²) in [5.41, 5.74) is 3.41. The molecule has 5 rings (SSSR count). The molecule has 1 fully saturated rings. The van der Waals surface area contributed by atoms with Gasteiger partial charge in [-0.3, -0.25) is 4.79 Å². The molecule has 0 saturated carbocycles. The van der Waals surface area contributed by atoms with Gasteiger partial charge in [0.2, 0.25) is 5.91 Å². The van der Waals surface area contributed by atoms with Gasteiger partial charge >= 0.3 is 5.97 Å². The minimum Gasteiger partial charge on any atom is -0.459 e. The number of nitrogens with one attached hydrogen (secondary N) is 1. The second kappa shape index (κ2) is 10.9. The van der Waals surface area contributed by atoms with Gasteiger partial charge in [0, 0.05) is 51.6 Å². The van der Waals surface area contributed by atoms with Crippen LogP contribution in [-0.4, -0.2) is 85.8 Å². The van der Waals surface area contributed by atoms with Gasteiger partial charge in [-0.1, -0.05) is 12.1 Å². The van der Waals surface area contributed by atoms with E-state index in [1.54, 1.807) is 12.4 Å². The Kier molecular flexibility index (Phi) is 7.23. The lowest BCUT2D eigenvalue weighted by molar-refractivity contribution is -0.130. The van der Waals surface area contributed by atoms with Gasteiger partial charge in [0.15, 0.2) is 0 Å². The number of nitrogens with zero attached hydrogens (tertiary/aromatic N) is 7. The molecule has 4 heterocycles. The van der Waals surface area contributed by atoms with Crippen LogP contribution < -0.4 is 5.32 Å². The second-order valence-electron chi connectivity index (χ2n) is 8.96. The topological polar surface area (TPSA) is 137 Å². The molecule has 2 aliphatic rings. The van der Waals surface area contributed by atoms with E-state index in [9.17, 15) is 9.59 Å². The zero-order valence-electron chi connectivity index (χ0n) is 20.0. The molecule has 0 radical (unpaired) electrons. The molecule has 1 saturated heterocycles. The lowest BCUT2D eigenvalue weighted by Gasteiger charge is -2.28. The zero-order valence-corrected chi connectivity index (χ0v) is 20.0. The van der Waals surface area contributed by atoms with E-state index in [-0.39, 0.29) is 30.5 Å². The molecule has 0 bridgehead atoms. The van der Waals surface area contributed by atoms with Crippen molar-refractivity contribution in [2.45, 2.75) is 38.4 Å². The van der Waals surface area contributed by atoms with Crippen LogP contribution >= 0.6 is 0 Å². The van der Waals surface area contributed by atoms with E-state index in [0.29, 0.717) is 50.7 Å². The largest absolute Gasteiger partial charge is 0.459 e. The minimum atomic E-state index is -0.264. The first-order valence-corrected chi connectivity index (χ1v) is 12.0. The summed E-state index contributed by atoms with van der Waals surface area (Å²) >= 11 is 0. The third-order valence-electron chi connectivity index (χ3n) is 6.27. The number of carbonyl (C=O) groups excluding carboxylic acids is 2. The van der Waals surface area contributed by atoms with Crippen molar-refractivity contribution >= 4 is 11.9 Å². The summed E-state index contributed by atoms with van der Waals surface area (Å²) in [6.07, 6.45) is 6.05. The molecule has 0 aliphatic carbocycles. The summed E-state index contributed by atoms with van der Waals surface area (Å²) < 4.78 is 12.9. The van der Waals surface area contributed by atoms with Crippen LogP contribution in [0.2, 0.25) is 0 Å². The second-order valence-corrected chi connectivity index (χ2v) is 8.96. The molecular formula is C24H28N8O4. The summed E-state index contributed by atoms with van der Waals surface area (Å²) in [6.45, 7) is 4.89. The predicted molar refractivity (Wildman–Crippen MR) is 126 cm³/mol. The van der Waals surface area contributed by atoms with Gasteiger partial charge in [0.05, 0.1) is 18.1 Å². The number of tetrazole rings is 1. The summed E-state index contributed by atoms with van der Waals surface area (Å²) in [5.74, 6) is 0.0999. The summed E-state index contributed by atoms with van der Waals surface area (Å²) in [5, 5.41) is 14.3. The fourth-order valence-corrected chi connectivity index (χ4v) is 4.44. The lowest BCUT2D eigenvalue weighted by Crippen LogP contribution is -2.41. The molecule has 12 heteroatoms. The molecule has 0 spiro atoms. The Morgan fingerprint density at radius 2 is 2.08 bits per heavy atom. The number of fused-ring (bicyclic) bond motifs is 1. The first-order valence-electron chi connectivity index (χ1n) is 12.0. The highest BCUT2D eigenvalue weighted by Crippen LogP contribution is 2.26. The standard InChI is InChI=1S/C24H28N8O4/c1-16-9-19-11-18(3-4-20(19)23(34)36-16)21-14-25-5-7-31(6-2-8-35-21)22(33)10-17-12-26-24(27-13-17)32-15-28-29-30-32/h3-4,11-13,15-16,21,25H,2,5-10,14H2,1H3/t16-,21-/m0/s1. The highest BCUT2D eigenvalue weighted by atomic mass is 16.5. The molecule has 36 heavy (non-hydrogen) atoms. The normalized spacial score (nSPS) is 20.9. The van der Waals surface area contributed by atoms with E-state index in [4.69, 9.17) is 9.47 Å². The quantitative estimate of drug-likeness (QED) is 0.518. The van der Waals surface area contributed by atoms with Crippen LogP contribution in [-0.2, 0) is 27.1 Å². The molecule has 1 aromatic carbocycles. The fraction of sp³-hybridized carbons (Fsp3) is 0.458. The van der Waals surface area contributed by atoms with Gasteiger partial charge in [-0.25, -0.2) is 14.8 Å². The Hall–Kier alpha value is -3.77. The Bertz CT molecular complexity index is 1190. The van der Waals surface area contributed by atoms with Crippen molar-refractivity contribution in [2.75, 3.05) is 32.8 Å². The molecule has 2 aliphatic heterocycles. The average Bonchev–Trinajstić information content (AvgIpc) is 3.42. The molecule has 2 atom stereocenters. The van der Waals surface area contributed by atoms with Crippen molar-refractivity contribution in [3.63, 3.8) is 0 Å². The van der Waals surface area contributed by atoms with E-state index in [0.717, 1.165) is 23.1 Å². The number of hydrogen-bond donors (Lipinski definition) is 1. The molecule has 1 N–H and O–H groups in total. The van der Waals surface area contributed by atoms with E-state index in [1.807, 2.05) is 24.0 Å². The van der Waals surface area contributed by atoms with E-state index in [1.165, 1.54) is 11.0 Å². The molecule has 3 aromatic rings. The van der Waals surface area contributed by atoms with Crippen molar-refractivity contribution in [3.8, 4) is 5.95 Å². The number of cyclic esters (lactones) is 1. The summed E-state index contributed by atoms with van der Waals surface area (Å²) in [4.78, 5) is 35.4. The van der Waals surface area contributed by atoms with Gasteiger partial charge < -0.3 is 19.7 Å². The van der Waals surface area contributed by atoms with Crippen molar-refractivity contribution in [1.82, 2.24) is 40.4 Å². The Morgan fingerprint density at radius 3 is 2.89 bits per heavy atom.